The molecule has 0 bridgehead atoms. The van der Waals surface area contributed by atoms with Gasteiger partial charge in [-0.2, -0.15) is 0 Å². The van der Waals surface area contributed by atoms with Crippen molar-refractivity contribution in [3.05, 3.63) is 0 Å². The Morgan fingerprint density at radius 3 is 1.25 bits per heavy atom. The highest BCUT2D eigenvalue weighted by Crippen LogP contribution is 1.68. The molecule has 0 spiro atoms. The van der Waals surface area contributed by atoms with Crippen LogP contribution in [0.1, 0.15) is 6.92 Å². The molecule has 0 rings (SSSR count). The third kappa shape index (κ3) is 1270. The summed E-state index contributed by atoms with van der Waals surface area (Å²) in [6, 6.07) is 0. The van der Waals surface area contributed by atoms with E-state index in [4.69, 9.17) is 9.90 Å². The lowest BCUT2D eigenvalue weighted by Crippen LogP contribution is -1.84. The fourth-order valence-electron chi connectivity index (χ4n) is 0. The van der Waals surface area contributed by atoms with Gasteiger partial charge >= 0.3 is 5.97 Å². The van der Waals surface area contributed by atoms with E-state index in [-0.39, 0.29) is 8.80 Å². The molecule has 8 heavy (non-hydrogen) atoms. The second kappa shape index (κ2) is 6.69. The Bertz CT molecular complexity index is 54.7. The van der Waals surface area contributed by atoms with E-state index in [9.17, 15) is 0 Å². The summed E-state index contributed by atoms with van der Waals surface area (Å²) in [5, 5.41) is 8.89. The molecule has 0 aliphatic heterocycles. The zero-order chi connectivity index (χ0) is 7.15. The van der Waals surface area contributed by atoms with Crippen LogP contribution in [0.2, 0.25) is 19.6 Å². The van der Waals surface area contributed by atoms with E-state index in [1.165, 1.54) is 0 Å². The van der Waals surface area contributed by atoms with Gasteiger partial charge in [0.05, 0.1) is 0 Å². The summed E-state index contributed by atoms with van der Waals surface area (Å²) in [7, 11) is -0.139. The Morgan fingerprint density at radius 2 is 1.25 bits per heavy atom. The Hall–Kier alpha value is -0.313. The molecule has 0 heterocycles. The van der Waals surface area contributed by atoms with Crippen LogP contribution >= 0.6 is 0 Å². The average molecular weight is 133 g/mol. The first kappa shape index (κ1) is 10.6. The van der Waals surface area contributed by atoms with Crippen LogP contribution < -0.4 is 0 Å². The Kier molecular flexibility index (Phi) is 8.88. The maximum atomic E-state index is 8.89. The maximum Gasteiger partial charge on any atom is 0.352 e. The van der Waals surface area contributed by atoms with Gasteiger partial charge in [0.2, 0.25) is 0 Å². The molecule has 0 aromatic carbocycles. The molecule has 0 N–H and O–H groups in total. The largest absolute Gasteiger partial charge is 0.352 e. The minimum absolute atomic E-state index is 0.139. The summed E-state index contributed by atoms with van der Waals surface area (Å²) >= 11 is 0. The van der Waals surface area contributed by atoms with E-state index in [0.717, 1.165) is 6.92 Å². The van der Waals surface area contributed by atoms with E-state index in [2.05, 4.69) is 19.6 Å². The van der Waals surface area contributed by atoms with Gasteiger partial charge in [0, 0.05) is 15.7 Å². The molecule has 0 saturated heterocycles. The van der Waals surface area contributed by atoms with Crippen LogP contribution in [-0.2, 0) is 9.90 Å². The van der Waals surface area contributed by atoms with Crippen LogP contribution in [0.3, 0.4) is 0 Å². The van der Waals surface area contributed by atoms with E-state index >= 15 is 0 Å². The summed E-state index contributed by atoms with van der Waals surface area (Å²) < 4.78 is 0. The van der Waals surface area contributed by atoms with Crippen LogP contribution in [0.15, 0.2) is 0 Å². The minimum Gasteiger partial charge on any atom is -0.248 e. The van der Waals surface area contributed by atoms with Crippen molar-refractivity contribution in [2.75, 3.05) is 0 Å². The molecule has 0 aromatic rings. The van der Waals surface area contributed by atoms with Gasteiger partial charge in [-0.05, 0) is 0 Å². The van der Waals surface area contributed by atoms with E-state index in [1.54, 1.807) is 0 Å². The topological polar surface area (TPSA) is 37.0 Å². The van der Waals surface area contributed by atoms with Gasteiger partial charge in [-0.3, -0.25) is 0 Å². The molecule has 2 nitrogen and oxygen atoms in total. The molecule has 0 aliphatic carbocycles. The molecular formula is C5H13O2Si. The van der Waals surface area contributed by atoms with Gasteiger partial charge in [0.25, 0.3) is 0 Å². The molecule has 0 unspecified atom stereocenters. The normalized spacial score (nSPS) is 7.62. The van der Waals surface area contributed by atoms with Gasteiger partial charge in [0.1, 0.15) is 0 Å². The molecular weight excluding hydrogens is 120 g/mol. The SMILES string of the molecule is CC([O])=O.C[SiH](C)C. The van der Waals surface area contributed by atoms with Crippen molar-refractivity contribution in [2.45, 2.75) is 26.6 Å². The predicted octanol–water partition coefficient (Wildman–Crippen LogP) is 1.07. The van der Waals surface area contributed by atoms with Crippen molar-refractivity contribution >= 4 is 14.8 Å². The lowest BCUT2D eigenvalue weighted by Gasteiger charge is -1.75. The molecule has 0 saturated carbocycles. The van der Waals surface area contributed by atoms with E-state index < -0.39 is 5.97 Å². The summed E-state index contributed by atoms with van der Waals surface area (Å²) in [5.41, 5.74) is 0. The van der Waals surface area contributed by atoms with Crippen molar-refractivity contribution in [3.63, 3.8) is 0 Å². The number of carbonyl (C=O) groups excluding carboxylic acids is 1. The van der Waals surface area contributed by atoms with Gasteiger partial charge in [0.15, 0.2) is 0 Å². The molecule has 0 amide bonds. The van der Waals surface area contributed by atoms with E-state index in [0.29, 0.717) is 0 Å². The average Bonchev–Trinajstić information content (AvgIpc) is 1.25. The predicted molar refractivity (Wildman–Crippen MR) is 36.1 cm³/mol. The molecule has 1 radical (unpaired) electrons. The first-order valence-electron chi connectivity index (χ1n) is 2.64. The third-order valence-electron chi connectivity index (χ3n) is 0. The van der Waals surface area contributed by atoms with Crippen LogP contribution in [0.4, 0.5) is 0 Å². The van der Waals surface area contributed by atoms with Crippen LogP contribution in [-0.4, -0.2) is 14.8 Å². The van der Waals surface area contributed by atoms with E-state index in [1.807, 2.05) is 0 Å². The highest BCUT2D eigenvalue weighted by atomic mass is 28.3. The standard InChI is InChI=1S/C3H10Si.C2H3O2/c1-4(2)3;1-2(3)4/h4H,1-3H3;1H3. The summed E-state index contributed by atoms with van der Waals surface area (Å²) in [6.45, 7) is 7.89. The number of rotatable bonds is 0. The first-order valence-corrected chi connectivity index (χ1v) is 6.10. The molecule has 49 valence electrons. The highest BCUT2D eigenvalue weighted by molar-refractivity contribution is 6.54. The second-order valence-electron chi connectivity index (χ2n) is 2.22. The Balaban J connectivity index is 0. The Labute approximate surface area is 52.1 Å². The maximum absolute atomic E-state index is 8.89. The van der Waals surface area contributed by atoms with Crippen molar-refractivity contribution in [1.82, 2.24) is 0 Å². The van der Waals surface area contributed by atoms with Crippen LogP contribution in [0.25, 0.3) is 0 Å². The van der Waals surface area contributed by atoms with Crippen molar-refractivity contribution in [3.8, 4) is 0 Å². The smallest absolute Gasteiger partial charge is 0.248 e. The lowest BCUT2D eigenvalue weighted by molar-refractivity contribution is -0.140. The molecule has 3 heteroatoms. The van der Waals surface area contributed by atoms with Crippen LogP contribution in [0, 0.1) is 0 Å². The van der Waals surface area contributed by atoms with Crippen LogP contribution in [0.5, 0.6) is 0 Å². The third-order valence-corrected chi connectivity index (χ3v) is 0. The number of hydrogen-bond acceptors (Lipinski definition) is 1. The van der Waals surface area contributed by atoms with Gasteiger partial charge < -0.3 is 0 Å². The second-order valence-corrected chi connectivity index (χ2v) is 5.69. The zero-order valence-electron chi connectivity index (χ0n) is 5.89. The van der Waals surface area contributed by atoms with Gasteiger partial charge in [-0.15, -0.1) is 0 Å². The number of hydrogen-bond donors (Lipinski definition) is 0. The molecule has 0 aromatic heterocycles. The monoisotopic (exact) mass is 133 g/mol. The number of carbonyl (C=O) groups is 1. The lowest BCUT2D eigenvalue weighted by atomic mass is 10.9. The zero-order valence-corrected chi connectivity index (χ0v) is 7.05. The Morgan fingerprint density at radius 1 is 1.25 bits per heavy atom. The molecule has 0 atom stereocenters. The van der Waals surface area contributed by atoms with Crippen molar-refractivity contribution < 1.29 is 9.90 Å². The first-order chi connectivity index (χ1) is 3.46. The summed E-state index contributed by atoms with van der Waals surface area (Å²) in [5.74, 6) is -1.08. The summed E-state index contributed by atoms with van der Waals surface area (Å²) in [4.78, 5) is 8.89. The fraction of sp³-hybridized carbons (Fsp3) is 0.800. The quantitative estimate of drug-likeness (QED) is 0.455. The van der Waals surface area contributed by atoms with Gasteiger partial charge in [-0.25, -0.2) is 9.90 Å². The van der Waals surface area contributed by atoms with Crippen molar-refractivity contribution in [1.29, 1.82) is 0 Å². The molecule has 0 fully saturated rings. The minimum atomic E-state index is -1.08. The summed E-state index contributed by atoms with van der Waals surface area (Å²) in [6.07, 6.45) is 0. The van der Waals surface area contributed by atoms with Gasteiger partial charge in [-0.1, -0.05) is 19.6 Å². The van der Waals surface area contributed by atoms with Crippen molar-refractivity contribution in [2.24, 2.45) is 0 Å². The highest BCUT2D eigenvalue weighted by Gasteiger charge is 1.72. The molecule has 0 aliphatic rings. The fourth-order valence-corrected chi connectivity index (χ4v) is 0.